The van der Waals surface area contributed by atoms with E-state index in [2.05, 4.69) is 11.0 Å². The normalized spacial score (nSPS) is 11.5. The molecule has 0 spiro atoms. The molecule has 0 radical (unpaired) electrons. The van der Waals surface area contributed by atoms with E-state index in [0.717, 1.165) is 0 Å². The van der Waals surface area contributed by atoms with Crippen molar-refractivity contribution in [1.82, 2.24) is 5.59 Å². The molecule has 0 fully saturated rings. The maximum Gasteiger partial charge on any atom is 0.318 e. The van der Waals surface area contributed by atoms with E-state index < -0.39 is 15.9 Å². The molecule has 0 saturated heterocycles. The van der Waals surface area contributed by atoms with E-state index in [1.165, 1.54) is 6.07 Å². The Morgan fingerprint density at radius 2 is 1.67 bits per heavy atom. The van der Waals surface area contributed by atoms with E-state index >= 15 is 0 Å². The fraction of sp³-hybridized carbons (Fsp3) is 0. The summed E-state index contributed by atoms with van der Waals surface area (Å²) in [5, 5.41) is 11.4. The van der Waals surface area contributed by atoms with Crippen molar-refractivity contribution in [2.45, 2.75) is 4.90 Å². The summed E-state index contributed by atoms with van der Waals surface area (Å²) in [5.41, 5.74) is 5.12. The molecular formula is C16H13ClN2O4S. The van der Waals surface area contributed by atoms with Crippen molar-refractivity contribution < 1.29 is 17.8 Å². The average molecular weight is 365 g/mol. The second-order valence-corrected chi connectivity index (χ2v) is 6.77. The van der Waals surface area contributed by atoms with Crippen LogP contribution in [0.3, 0.4) is 0 Å². The fourth-order valence-corrected chi connectivity index (χ4v) is 3.43. The number of hydrogen-bond donors (Lipinski definition) is 3. The third-order valence-electron chi connectivity index (χ3n) is 3.32. The van der Waals surface area contributed by atoms with E-state index in [4.69, 9.17) is 15.9 Å². The van der Waals surface area contributed by atoms with Crippen LogP contribution in [0.15, 0.2) is 65.6 Å². The molecule has 24 heavy (non-hydrogen) atoms. The number of benzene rings is 3. The van der Waals surface area contributed by atoms with Crippen LogP contribution >= 0.6 is 11.6 Å². The first-order valence-electron chi connectivity index (χ1n) is 6.89. The molecule has 8 heteroatoms. The Labute approximate surface area is 143 Å². The summed E-state index contributed by atoms with van der Waals surface area (Å²) >= 11 is 5.95. The lowest BCUT2D eigenvalue weighted by Gasteiger charge is -2.12. The molecule has 0 aliphatic rings. The van der Waals surface area contributed by atoms with Crippen molar-refractivity contribution in [3.8, 4) is 5.75 Å². The van der Waals surface area contributed by atoms with Gasteiger partial charge in [-0.3, -0.25) is 5.43 Å². The Morgan fingerprint density at radius 1 is 0.958 bits per heavy atom. The number of rotatable bonds is 5. The summed E-state index contributed by atoms with van der Waals surface area (Å²) in [4.78, 5) is -0.311. The maximum atomic E-state index is 12.4. The summed E-state index contributed by atoms with van der Waals surface area (Å²) in [5.74, 6) is -0.395. The Bertz CT molecular complexity index is 992. The Morgan fingerprint density at radius 3 is 2.46 bits per heavy atom. The van der Waals surface area contributed by atoms with Crippen LogP contribution in [0.5, 0.6) is 5.75 Å². The first-order chi connectivity index (χ1) is 11.5. The zero-order valence-electron chi connectivity index (χ0n) is 12.2. The van der Waals surface area contributed by atoms with Crippen LogP contribution in [0, 0.1) is 0 Å². The molecule has 0 unspecified atom stereocenters. The van der Waals surface area contributed by atoms with Crippen LogP contribution in [0.25, 0.3) is 10.8 Å². The standard InChI is InChI=1S/C16H13ClN2O4S/c17-13-7-3-4-8-14(13)18-19-23-24(21,22)16-12-6-2-1-5-11(12)9-10-15(16)20/h1-10,18-20H. The van der Waals surface area contributed by atoms with E-state index in [0.29, 0.717) is 21.5 Å². The minimum Gasteiger partial charge on any atom is -0.506 e. The first kappa shape index (κ1) is 16.5. The molecule has 0 heterocycles. The van der Waals surface area contributed by atoms with Gasteiger partial charge in [0.1, 0.15) is 10.6 Å². The molecule has 3 rings (SSSR count). The molecule has 0 aromatic heterocycles. The minimum atomic E-state index is -4.27. The molecule has 0 saturated carbocycles. The topological polar surface area (TPSA) is 87.7 Å². The van der Waals surface area contributed by atoms with Gasteiger partial charge in [-0.2, -0.15) is 12.7 Å². The van der Waals surface area contributed by atoms with Gasteiger partial charge in [0.2, 0.25) is 0 Å². The second-order valence-electron chi connectivity index (χ2n) is 4.88. The number of fused-ring (bicyclic) bond motifs is 1. The summed E-state index contributed by atoms with van der Waals surface area (Å²) in [6.07, 6.45) is 0. The van der Waals surface area contributed by atoms with Crippen LogP contribution in [-0.4, -0.2) is 13.5 Å². The third-order valence-corrected chi connectivity index (χ3v) is 4.88. The average Bonchev–Trinajstić information content (AvgIpc) is 2.56. The summed E-state index contributed by atoms with van der Waals surface area (Å²) in [6.45, 7) is 0. The summed E-state index contributed by atoms with van der Waals surface area (Å²) in [7, 11) is -4.27. The van der Waals surface area contributed by atoms with Gasteiger partial charge in [-0.15, -0.1) is 0 Å². The van der Waals surface area contributed by atoms with E-state index in [1.807, 2.05) is 0 Å². The highest BCUT2D eigenvalue weighted by Crippen LogP contribution is 2.32. The van der Waals surface area contributed by atoms with Crippen LogP contribution in [0.1, 0.15) is 0 Å². The largest absolute Gasteiger partial charge is 0.506 e. The van der Waals surface area contributed by atoms with Crippen LogP contribution < -0.4 is 11.0 Å². The highest BCUT2D eigenvalue weighted by molar-refractivity contribution is 7.87. The molecule has 124 valence electrons. The van der Waals surface area contributed by atoms with Gasteiger partial charge < -0.3 is 5.11 Å². The zero-order chi connectivity index (χ0) is 17.2. The maximum absolute atomic E-state index is 12.4. The molecule has 0 aliphatic heterocycles. The first-order valence-corrected chi connectivity index (χ1v) is 8.67. The van der Waals surface area contributed by atoms with Gasteiger partial charge in [-0.25, -0.2) is 0 Å². The lowest BCUT2D eigenvalue weighted by atomic mass is 10.1. The fourth-order valence-electron chi connectivity index (χ4n) is 2.23. The van der Waals surface area contributed by atoms with Crippen molar-refractivity contribution in [2.24, 2.45) is 0 Å². The number of anilines is 1. The van der Waals surface area contributed by atoms with E-state index in [9.17, 15) is 13.5 Å². The SMILES string of the molecule is O=S(=O)(ONNc1ccccc1Cl)c1c(O)ccc2ccccc12. The predicted octanol–water partition coefficient (Wildman–Crippen LogP) is 3.44. The van der Waals surface area contributed by atoms with Crippen LogP contribution in [0.4, 0.5) is 5.69 Å². The minimum absolute atomic E-state index is 0.311. The number of phenolic OH excluding ortho intramolecular Hbond substituents is 1. The monoisotopic (exact) mass is 364 g/mol. The van der Waals surface area contributed by atoms with Crippen LogP contribution in [0.2, 0.25) is 5.02 Å². The number of halogens is 1. The Hall–Kier alpha value is -2.32. The highest BCUT2D eigenvalue weighted by Gasteiger charge is 2.23. The number of nitrogens with one attached hydrogen (secondary N) is 2. The molecular weight excluding hydrogens is 352 g/mol. The third kappa shape index (κ3) is 3.29. The summed E-state index contributed by atoms with van der Waals surface area (Å²) < 4.78 is 29.6. The van der Waals surface area contributed by atoms with Gasteiger partial charge >= 0.3 is 10.1 Å². The van der Waals surface area contributed by atoms with Gasteiger partial charge in [0, 0.05) is 5.39 Å². The van der Waals surface area contributed by atoms with Gasteiger partial charge in [0.15, 0.2) is 0 Å². The van der Waals surface area contributed by atoms with Gasteiger partial charge in [-0.05, 0) is 23.6 Å². The smallest absolute Gasteiger partial charge is 0.318 e. The molecule has 0 aliphatic carbocycles. The highest BCUT2D eigenvalue weighted by atomic mass is 35.5. The lowest BCUT2D eigenvalue weighted by Crippen LogP contribution is -2.26. The number of aromatic hydroxyl groups is 1. The number of phenols is 1. The molecule has 3 aromatic carbocycles. The van der Waals surface area contributed by atoms with Crippen molar-refractivity contribution >= 4 is 38.2 Å². The van der Waals surface area contributed by atoms with Crippen LogP contribution in [-0.2, 0) is 14.4 Å². The second kappa shape index (κ2) is 6.66. The molecule has 0 bridgehead atoms. The van der Waals surface area contributed by atoms with E-state index in [1.54, 1.807) is 54.6 Å². The van der Waals surface area contributed by atoms with Crippen molar-refractivity contribution in [3.05, 3.63) is 65.7 Å². The van der Waals surface area contributed by atoms with Gasteiger partial charge in [0.25, 0.3) is 0 Å². The number of para-hydroxylation sites is 1. The van der Waals surface area contributed by atoms with Crippen molar-refractivity contribution in [2.75, 3.05) is 5.43 Å². The predicted molar refractivity (Wildman–Crippen MR) is 92.1 cm³/mol. The molecule has 3 N–H and O–H groups in total. The van der Waals surface area contributed by atoms with Gasteiger partial charge in [0.05, 0.1) is 10.7 Å². The van der Waals surface area contributed by atoms with Gasteiger partial charge in [-0.1, -0.05) is 59.7 Å². The molecule has 6 nitrogen and oxygen atoms in total. The Balaban J connectivity index is 1.86. The lowest BCUT2D eigenvalue weighted by molar-refractivity contribution is 0.228. The van der Waals surface area contributed by atoms with Crippen molar-refractivity contribution in [3.63, 3.8) is 0 Å². The quantitative estimate of drug-likeness (QED) is 0.601. The molecule has 0 amide bonds. The van der Waals surface area contributed by atoms with Crippen molar-refractivity contribution in [1.29, 1.82) is 0 Å². The number of hydrogen-bond acceptors (Lipinski definition) is 6. The molecule has 3 aromatic rings. The molecule has 0 atom stereocenters. The Kier molecular flexibility index (Phi) is 4.59. The zero-order valence-corrected chi connectivity index (χ0v) is 13.8. The number of hydrazine groups is 1. The van der Waals surface area contributed by atoms with E-state index in [-0.39, 0.29) is 4.90 Å². The summed E-state index contributed by atoms with van der Waals surface area (Å²) in [6, 6.07) is 16.4.